The monoisotopic (exact) mass is 418 g/mol. The predicted octanol–water partition coefficient (Wildman–Crippen LogP) is 6.62. The molecule has 0 bridgehead atoms. The third-order valence-corrected chi connectivity index (χ3v) is 6.30. The molecule has 4 heteroatoms. The van der Waals surface area contributed by atoms with Gasteiger partial charge in [0.25, 0.3) is 0 Å². The molecule has 0 aromatic rings. The van der Waals surface area contributed by atoms with Crippen LogP contribution in [0.3, 0.4) is 0 Å². The maximum atomic E-state index is 12.0. The van der Waals surface area contributed by atoms with Gasteiger partial charge in [0.05, 0.1) is 0 Å². The second kappa shape index (κ2) is 13.8. The van der Waals surface area contributed by atoms with Crippen LogP contribution in [0, 0.1) is 0 Å². The lowest BCUT2D eigenvalue weighted by atomic mass is 9.81. The second-order valence-electron chi connectivity index (χ2n) is 8.98. The molecule has 1 aliphatic heterocycles. The second-order valence-corrected chi connectivity index (χ2v) is 8.98. The number of carbonyl (C=O) groups is 2. The largest absolute Gasteiger partial charge is 0.450 e. The Balaban J connectivity index is 1.52. The summed E-state index contributed by atoms with van der Waals surface area (Å²) < 4.78 is 11.5. The van der Waals surface area contributed by atoms with Gasteiger partial charge in [0.2, 0.25) is 0 Å². The van der Waals surface area contributed by atoms with E-state index in [0.717, 1.165) is 19.3 Å². The van der Waals surface area contributed by atoms with Crippen LogP contribution in [0.15, 0.2) is 24.3 Å². The molecule has 0 aromatic carbocycles. The van der Waals surface area contributed by atoms with Crippen molar-refractivity contribution >= 4 is 11.8 Å². The van der Waals surface area contributed by atoms with Gasteiger partial charge in [0.1, 0.15) is 6.10 Å². The Bertz CT molecular complexity index is 580. The van der Waals surface area contributed by atoms with E-state index in [1.54, 1.807) is 19.1 Å². The Morgan fingerprint density at radius 1 is 0.933 bits per heavy atom. The van der Waals surface area contributed by atoms with Crippen molar-refractivity contribution in [1.29, 1.82) is 0 Å². The van der Waals surface area contributed by atoms with Crippen molar-refractivity contribution in [3.05, 3.63) is 24.3 Å². The molecule has 0 aromatic heterocycles. The van der Waals surface area contributed by atoms with Crippen LogP contribution in [-0.2, 0) is 19.1 Å². The normalized spacial score (nSPS) is 26.2. The first-order chi connectivity index (χ1) is 14.6. The smallest absolute Gasteiger partial charge is 0.335 e. The summed E-state index contributed by atoms with van der Waals surface area (Å²) in [5.74, 6) is -0.271. The quantitative estimate of drug-likeness (QED) is 0.170. The Hall–Kier alpha value is -1.42. The van der Waals surface area contributed by atoms with Gasteiger partial charge in [0.15, 0.2) is 17.5 Å². The molecule has 0 saturated carbocycles. The fourth-order valence-electron chi connectivity index (χ4n) is 4.37. The van der Waals surface area contributed by atoms with E-state index < -0.39 is 11.7 Å². The van der Waals surface area contributed by atoms with Crippen LogP contribution in [0.1, 0.15) is 110 Å². The van der Waals surface area contributed by atoms with Crippen molar-refractivity contribution in [1.82, 2.24) is 0 Å². The lowest BCUT2D eigenvalue weighted by Crippen LogP contribution is -2.56. The van der Waals surface area contributed by atoms with Gasteiger partial charge in [-0.25, -0.2) is 4.79 Å². The zero-order valence-electron chi connectivity index (χ0n) is 19.2. The summed E-state index contributed by atoms with van der Waals surface area (Å²) in [6.45, 7) is 3.95. The number of esters is 1. The zero-order valence-corrected chi connectivity index (χ0v) is 19.2. The summed E-state index contributed by atoms with van der Waals surface area (Å²) >= 11 is 0. The first-order valence-electron chi connectivity index (χ1n) is 12.3. The summed E-state index contributed by atoms with van der Waals surface area (Å²) in [7, 11) is 0. The first-order valence-corrected chi connectivity index (χ1v) is 12.3. The van der Waals surface area contributed by atoms with Crippen LogP contribution < -0.4 is 0 Å². The molecule has 4 nitrogen and oxygen atoms in total. The molecule has 3 atom stereocenters. The SMILES string of the molecule is CCCCCC/C=C\CCCCCCCCC[C@@]12C=CC(=O)C[C@H]1O[C@@H](C)C(=O)O2. The van der Waals surface area contributed by atoms with Gasteiger partial charge in [-0.3, -0.25) is 4.79 Å². The van der Waals surface area contributed by atoms with E-state index in [0.29, 0.717) is 6.42 Å². The van der Waals surface area contributed by atoms with Gasteiger partial charge in [-0.2, -0.15) is 0 Å². The molecule has 1 saturated heterocycles. The van der Waals surface area contributed by atoms with Crippen LogP contribution in [0.25, 0.3) is 0 Å². The van der Waals surface area contributed by atoms with Crippen molar-refractivity contribution in [3.63, 3.8) is 0 Å². The average Bonchev–Trinajstić information content (AvgIpc) is 2.72. The maximum Gasteiger partial charge on any atom is 0.335 e. The number of ketones is 1. The summed E-state index contributed by atoms with van der Waals surface area (Å²) in [6.07, 6.45) is 24.5. The van der Waals surface area contributed by atoms with Gasteiger partial charge in [-0.05, 0) is 57.6 Å². The average molecular weight is 419 g/mol. The molecule has 2 rings (SSSR count). The number of hydrogen-bond acceptors (Lipinski definition) is 4. The van der Waals surface area contributed by atoms with E-state index in [1.807, 2.05) is 0 Å². The Morgan fingerprint density at radius 3 is 2.20 bits per heavy atom. The minimum absolute atomic E-state index is 0.0483. The molecule has 2 aliphatic rings. The Kier molecular flexibility index (Phi) is 11.4. The highest BCUT2D eigenvalue weighted by Gasteiger charge is 2.49. The molecule has 0 radical (unpaired) electrons. The number of allylic oxidation sites excluding steroid dienone is 3. The summed E-state index contributed by atoms with van der Waals surface area (Å²) in [5, 5.41) is 0. The number of rotatable bonds is 15. The molecule has 1 aliphatic carbocycles. The molecular weight excluding hydrogens is 376 g/mol. The predicted molar refractivity (Wildman–Crippen MR) is 121 cm³/mol. The Morgan fingerprint density at radius 2 is 1.53 bits per heavy atom. The van der Waals surface area contributed by atoms with Crippen molar-refractivity contribution in [3.8, 4) is 0 Å². The lowest BCUT2D eigenvalue weighted by molar-refractivity contribution is -0.218. The third-order valence-electron chi connectivity index (χ3n) is 6.30. The Labute approximate surface area is 183 Å². The van der Waals surface area contributed by atoms with Gasteiger partial charge >= 0.3 is 5.97 Å². The van der Waals surface area contributed by atoms with Crippen molar-refractivity contribution in [2.75, 3.05) is 0 Å². The third kappa shape index (κ3) is 8.37. The zero-order chi connectivity index (χ0) is 21.7. The van der Waals surface area contributed by atoms with Crippen LogP contribution >= 0.6 is 0 Å². The summed E-state index contributed by atoms with van der Waals surface area (Å²) in [6, 6.07) is 0. The molecule has 1 fully saturated rings. The van der Waals surface area contributed by atoms with Gasteiger partial charge < -0.3 is 9.47 Å². The van der Waals surface area contributed by atoms with Crippen molar-refractivity contribution in [2.45, 2.75) is 128 Å². The van der Waals surface area contributed by atoms with Crippen LogP contribution in [0.2, 0.25) is 0 Å². The number of unbranched alkanes of at least 4 members (excludes halogenated alkanes) is 11. The molecule has 0 amide bonds. The number of ether oxygens (including phenoxy) is 2. The minimum atomic E-state index is -0.736. The first kappa shape index (κ1) is 24.8. The standard InChI is InChI=1S/C26H42O4/c1-3-4-5-6-7-8-9-10-11-12-13-14-15-16-17-19-26-20-18-23(27)21-24(26)29-22(2)25(28)30-26/h8-9,18,20,22,24H,3-7,10-17,19,21H2,1-2H3/b9-8-/t22-,24+,26+/m0/s1. The van der Waals surface area contributed by atoms with E-state index in [4.69, 9.17) is 9.47 Å². The number of hydrogen-bond donors (Lipinski definition) is 0. The van der Waals surface area contributed by atoms with Crippen LogP contribution in [0.5, 0.6) is 0 Å². The van der Waals surface area contributed by atoms with E-state index in [9.17, 15) is 9.59 Å². The van der Waals surface area contributed by atoms with Crippen LogP contribution in [-0.4, -0.2) is 29.6 Å². The number of carbonyl (C=O) groups excluding carboxylic acids is 2. The van der Waals surface area contributed by atoms with Crippen molar-refractivity contribution < 1.29 is 19.1 Å². The fourth-order valence-corrected chi connectivity index (χ4v) is 4.37. The molecule has 30 heavy (non-hydrogen) atoms. The van der Waals surface area contributed by atoms with Crippen LogP contribution in [0.4, 0.5) is 0 Å². The number of fused-ring (bicyclic) bond motifs is 1. The highest BCUT2D eigenvalue weighted by atomic mass is 16.6. The molecule has 0 N–H and O–H groups in total. The molecule has 0 unspecified atom stereocenters. The van der Waals surface area contributed by atoms with Gasteiger partial charge in [0, 0.05) is 6.42 Å². The lowest BCUT2D eigenvalue weighted by Gasteiger charge is -2.44. The topological polar surface area (TPSA) is 52.6 Å². The highest BCUT2D eigenvalue weighted by Crippen LogP contribution is 2.37. The van der Waals surface area contributed by atoms with E-state index in [2.05, 4.69) is 19.1 Å². The summed E-state index contributed by atoms with van der Waals surface area (Å²) in [5.41, 5.74) is -0.736. The molecule has 1 heterocycles. The fraction of sp³-hybridized carbons (Fsp3) is 0.769. The minimum Gasteiger partial charge on any atom is -0.450 e. The van der Waals surface area contributed by atoms with Gasteiger partial charge in [-0.15, -0.1) is 0 Å². The molecule has 0 spiro atoms. The van der Waals surface area contributed by atoms with Gasteiger partial charge in [-0.1, -0.05) is 70.4 Å². The van der Waals surface area contributed by atoms with E-state index >= 15 is 0 Å². The molecular formula is C26H42O4. The van der Waals surface area contributed by atoms with E-state index in [1.165, 1.54) is 70.6 Å². The highest BCUT2D eigenvalue weighted by molar-refractivity contribution is 5.92. The summed E-state index contributed by atoms with van der Waals surface area (Å²) in [4.78, 5) is 23.8. The maximum absolute atomic E-state index is 12.0. The van der Waals surface area contributed by atoms with E-state index in [-0.39, 0.29) is 17.9 Å². The molecule has 170 valence electrons. The van der Waals surface area contributed by atoms with Crippen molar-refractivity contribution in [2.24, 2.45) is 0 Å².